The highest BCUT2D eigenvalue weighted by Crippen LogP contribution is 2.29. The molecule has 3 rings (SSSR count). The number of nitrogens with zero attached hydrogens (tertiary/aromatic N) is 3. The minimum Gasteiger partial charge on any atom is -0.379 e. The van der Waals surface area contributed by atoms with Crippen molar-refractivity contribution in [3.05, 3.63) is 0 Å². The molecule has 3 aliphatic heterocycles. The van der Waals surface area contributed by atoms with E-state index in [1.54, 1.807) is 6.92 Å². The molecule has 0 radical (unpaired) electrons. The first-order valence-electron chi connectivity index (χ1n) is 9.03. The van der Waals surface area contributed by atoms with Gasteiger partial charge in [-0.1, -0.05) is 0 Å². The van der Waals surface area contributed by atoms with Crippen LogP contribution < -0.4 is 0 Å². The van der Waals surface area contributed by atoms with E-state index in [1.807, 2.05) is 4.90 Å². The maximum Gasteiger partial charge on any atom is 0.237 e. The van der Waals surface area contributed by atoms with E-state index in [9.17, 15) is 9.59 Å². The molecule has 130 valence electrons. The number of likely N-dealkylation sites (tertiary alicyclic amines) is 2. The predicted molar refractivity (Wildman–Crippen MR) is 87.0 cm³/mol. The Balaban J connectivity index is 1.68. The van der Waals surface area contributed by atoms with Crippen molar-refractivity contribution >= 4 is 11.8 Å². The Hall–Kier alpha value is -1.14. The summed E-state index contributed by atoms with van der Waals surface area (Å²) in [6, 6.07) is 0.432. The monoisotopic (exact) mass is 323 g/mol. The molecule has 0 N–H and O–H groups in total. The van der Waals surface area contributed by atoms with Gasteiger partial charge >= 0.3 is 0 Å². The van der Waals surface area contributed by atoms with Crippen LogP contribution in [0.3, 0.4) is 0 Å². The minimum atomic E-state index is 0.157. The molecule has 6 heteroatoms. The summed E-state index contributed by atoms with van der Waals surface area (Å²) in [7, 11) is 0. The molecule has 3 fully saturated rings. The van der Waals surface area contributed by atoms with Crippen molar-refractivity contribution in [1.29, 1.82) is 0 Å². The zero-order chi connectivity index (χ0) is 16.2. The number of hydrogen-bond donors (Lipinski definition) is 0. The van der Waals surface area contributed by atoms with Gasteiger partial charge in [0.15, 0.2) is 0 Å². The van der Waals surface area contributed by atoms with Crippen molar-refractivity contribution < 1.29 is 14.3 Å². The molecule has 3 heterocycles. The molecular formula is C17H29N3O3. The molecule has 0 aromatic rings. The van der Waals surface area contributed by atoms with E-state index in [0.29, 0.717) is 6.54 Å². The fraction of sp³-hybridized carbons (Fsp3) is 0.882. The second-order valence-corrected chi connectivity index (χ2v) is 6.96. The van der Waals surface area contributed by atoms with Crippen LogP contribution in [0, 0.1) is 0 Å². The number of hydrogen-bond acceptors (Lipinski definition) is 4. The van der Waals surface area contributed by atoms with E-state index in [-0.39, 0.29) is 23.9 Å². The van der Waals surface area contributed by atoms with Gasteiger partial charge in [0, 0.05) is 33.1 Å². The summed E-state index contributed by atoms with van der Waals surface area (Å²) in [6.45, 7) is 6.97. The van der Waals surface area contributed by atoms with Crippen LogP contribution in [0.1, 0.15) is 39.0 Å². The number of fused-ring (bicyclic) bond motifs is 1. The largest absolute Gasteiger partial charge is 0.379 e. The Morgan fingerprint density at radius 2 is 1.57 bits per heavy atom. The van der Waals surface area contributed by atoms with Gasteiger partial charge in [-0.15, -0.1) is 0 Å². The quantitative estimate of drug-likeness (QED) is 0.751. The van der Waals surface area contributed by atoms with Crippen molar-refractivity contribution in [2.24, 2.45) is 0 Å². The van der Waals surface area contributed by atoms with E-state index in [4.69, 9.17) is 4.74 Å². The second kappa shape index (κ2) is 7.62. The molecule has 3 saturated heterocycles. The van der Waals surface area contributed by atoms with Gasteiger partial charge in [-0.25, -0.2) is 0 Å². The van der Waals surface area contributed by atoms with Crippen LogP contribution in [0.15, 0.2) is 0 Å². The van der Waals surface area contributed by atoms with Gasteiger partial charge in [0.2, 0.25) is 11.8 Å². The Kier molecular flexibility index (Phi) is 5.54. The summed E-state index contributed by atoms with van der Waals surface area (Å²) in [5.41, 5.74) is 0. The van der Waals surface area contributed by atoms with Gasteiger partial charge in [0.25, 0.3) is 0 Å². The SMILES string of the molecule is CC(=O)N1CCCC[C@@H]2[C@H]1CCCN2C(=O)CN1CCOCC1. The van der Waals surface area contributed by atoms with Gasteiger partial charge < -0.3 is 14.5 Å². The van der Waals surface area contributed by atoms with Gasteiger partial charge in [-0.05, 0) is 32.1 Å². The van der Waals surface area contributed by atoms with E-state index in [1.165, 1.54) is 0 Å². The lowest BCUT2D eigenvalue weighted by Gasteiger charge is -2.45. The normalized spacial score (nSPS) is 29.8. The first kappa shape index (κ1) is 16.7. The average molecular weight is 323 g/mol. The van der Waals surface area contributed by atoms with Crippen LogP contribution >= 0.6 is 0 Å². The molecule has 0 aromatic heterocycles. The van der Waals surface area contributed by atoms with Crippen LogP contribution in [0.25, 0.3) is 0 Å². The molecule has 3 aliphatic rings. The Morgan fingerprint density at radius 1 is 0.913 bits per heavy atom. The maximum atomic E-state index is 12.8. The smallest absolute Gasteiger partial charge is 0.237 e. The highest BCUT2D eigenvalue weighted by molar-refractivity contribution is 5.79. The summed E-state index contributed by atoms with van der Waals surface area (Å²) in [6.07, 6.45) is 5.22. The van der Waals surface area contributed by atoms with E-state index >= 15 is 0 Å². The zero-order valence-corrected chi connectivity index (χ0v) is 14.2. The van der Waals surface area contributed by atoms with E-state index in [0.717, 1.165) is 71.5 Å². The van der Waals surface area contributed by atoms with Gasteiger partial charge in [0.05, 0.1) is 31.8 Å². The number of rotatable bonds is 2. The lowest BCUT2D eigenvalue weighted by atomic mass is 9.92. The molecule has 23 heavy (non-hydrogen) atoms. The first-order valence-corrected chi connectivity index (χ1v) is 9.03. The third-order valence-electron chi connectivity index (χ3n) is 5.48. The molecule has 0 aromatic carbocycles. The fourth-order valence-corrected chi connectivity index (χ4v) is 4.29. The van der Waals surface area contributed by atoms with Crippen molar-refractivity contribution in [3.8, 4) is 0 Å². The number of ether oxygens (including phenoxy) is 1. The summed E-state index contributed by atoms with van der Waals surface area (Å²) >= 11 is 0. The molecule has 0 aliphatic carbocycles. The van der Waals surface area contributed by atoms with E-state index in [2.05, 4.69) is 9.80 Å². The summed E-state index contributed by atoms with van der Waals surface area (Å²) in [5, 5.41) is 0. The van der Waals surface area contributed by atoms with Crippen LogP contribution in [-0.4, -0.2) is 84.5 Å². The second-order valence-electron chi connectivity index (χ2n) is 6.96. The fourth-order valence-electron chi connectivity index (χ4n) is 4.29. The highest BCUT2D eigenvalue weighted by atomic mass is 16.5. The highest BCUT2D eigenvalue weighted by Gasteiger charge is 2.39. The van der Waals surface area contributed by atoms with Crippen LogP contribution in [0.5, 0.6) is 0 Å². The Morgan fingerprint density at radius 3 is 2.30 bits per heavy atom. The predicted octanol–water partition coefficient (Wildman–Crippen LogP) is 0.711. The molecule has 6 nitrogen and oxygen atoms in total. The molecule has 2 atom stereocenters. The zero-order valence-electron chi connectivity index (χ0n) is 14.2. The number of amides is 2. The Labute approximate surface area is 138 Å². The lowest BCUT2D eigenvalue weighted by molar-refractivity contribution is -0.143. The van der Waals surface area contributed by atoms with Crippen molar-refractivity contribution in [3.63, 3.8) is 0 Å². The van der Waals surface area contributed by atoms with E-state index < -0.39 is 0 Å². The molecular weight excluding hydrogens is 294 g/mol. The molecule has 0 bridgehead atoms. The number of piperidine rings is 1. The van der Waals surface area contributed by atoms with Crippen molar-refractivity contribution in [2.45, 2.75) is 51.1 Å². The third-order valence-corrected chi connectivity index (χ3v) is 5.48. The van der Waals surface area contributed by atoms with Crippen molar-refractivity contribution in [1.82, 2.24) is 14.7 Å². The lowest BCUT2D eigenvalue weighted by Crippen LogP contribution is -2.58. The van der Waals surface area contributed by atoms with Crippen LogP contribution in [0.2, 0.25) is 0 Å². The standard InChI is InChI=1S/C17H29N3O3/c1-14(21)19-7-3-2-5-16-15(19)6-4-8-20(16)17(22)13-18-9-11-23-12-10-18/h15-16H,2-13H2,1H3/t15-,16-/m1/s1. The van der Waals surface area contributed by atoms with Gasteiger partial charge in [-0.3, -0.25) is 14.5 Å². The first-order chi connectivity index (χ1) is 11.2. The number of carbonyl (C=O) groups excluding carboxylic acids is 2. The molecule has 0 saturated carbocycles. The van der Waals surface area contributed by atoms with Crippen LogP contribution in [-0.2, 0) is 14.3 Å². The average Bonchev–Trinajstić information content (AvgIpc) is 2.78. The number of carbonyl (C=O) groups is 2. The van der Waals surface area contributed by atoms with Gasteiger partial charge in [0.1, 0.15) is 0 Å². The minimum absolute atomic E-state index is 0.157. The molecule has 2 amide bonds. The molecule has 0 unspecified atom stereocenters. The van der Waals surface area contributed by atoms with Crippen LogP contribution in [0.4, 0.5) is 0 Å². The number of morpholine rings is 1. The van der Waals surface area contributed by atoms with Gasteiger partial charge in [-0.2, -0.15) is 0 Å². The van der Waals surface area contributed by atoms with Crippen molar-refractivity contribution in [2.75, 3.05) is 45.9 Å². The molecule has 0 spiro atoms. The summed E-state index contributed by atoms with van der Waals surface area (Å²) < 4.78 is 5.36. The maximum absolute atomic E-state index is 12.8. The topological polar surface area (TPSA) is 53.1 Å². The third kappa shape index (κ3) is 3.86. The summed E-state index contributed by atoms with van der Waals surface area (Å²) in [5.74, 6) is 0.386. The Bertz CT molecular complexity index is 437. The summed E-state index contributed by atoms with van der Waals surface area (Å²) in [4.78, 5) is 31.1.